The van der Waals surface area contributed by atoms with Crippen LogP contribution < -0.4 is 16.3 Å². The predicted octanol–water partition coefficient (Wildman–Crippen LogP) is 0.984. The average molecular weight is 227 g/mol. The van der Waals surface area contributed by atoms with Crippen LogP contribution >= 0.6 is 23.8 Å². The van der Waals surface area contributed by atoms with Crippen LogP contribution in [0.4, 0.5) is 0 Å². The summed E-state index contributed by atoms with van der Waals surface area (Å²) in [5.41, 5.74) is 9.04. The monoisotopic (exact) mass is 226 g/mol. The summed E-state index contributed by atoms with van der Waals surface area (Å²) in [5, 5.41) is 5.07. The first-order valence-corrected chi connectivity index (χ1v) is 4.70. The Balaban J connectivity index is 2.32. The van der Waals surface area contributed by atoms with Crippen LogP contribution in [0.25, 0.3) is 0 Å². The molecule has 1 heterocycles. The molecule has 3 N–H and O–H groups in total. The number of hydrazine groups is 1. The maximum Gasteiger partial charge on any atom is 0.205 e. The van der Waals surface area contributed by atoms with Crippen molar-refractivity contribution in [1.29, 1.82) is 0 Å². The molecular weight excluding hydrogens is 220 g/mol. The number of halogens is 1. The van der Waals surface area contributed by atoms with E-state index in [4.69, 9.17) is 23.8 Å². The molecule has 72 valence electrons. The van der Waals surface area contributed by atoms with Gasteiger partial charge < -0.3 is 0 Å². The van der Waals surface area contributed by atoms with Gasteiger partial charge in [0.25, 0.3) is 0 Å². The molecule has 0 unspecified atom stereocenters. The minimum atomic E-state index is 0.431. The summed E-state index contributed by atoms with van der Waals surface area (Å²) < 4.78 is 0. The highest BCUT2D eigenvalue weighted by Gasteiger charge is 2.11. The van der Waals surface area contributed by atoms with E-state index in [-0.39, 0.29) is 0 Å². The van der Waals surface area contributed by atoms with Crippen molar-refractivity contribution in [2.75, 3.05) is 0 Å². The van der Waals surface area contributed by atoms with Crippen LogP contribution in [0.2, 0.25) is 5.02 Å². The van der Waals surface area contributed by atoms with Crippen LogP contribution in [0.1, 0.15) is 5.56 Å². The van der Waals surface area contributed by atoms with E-state index < -0.39 is 0 Å². The molecule has 0 radical (unpaired) electrons. The molecule has 0 aromatic heterocycles. The summed E-state index contributed by atoms with van der Waals surface area (Å²) in [7, 11) is 0. The summed E-state index contributed by atoms with van der Waals surface area (Å²) in [4.78, 5) is 0. The van der Waals surface area contributed by atoms with Gasteiger partial charge in [0.15, 0.2) is 5.84 Å². The second kappa shape index (κ2) is 3.81. The van der Waals surface area contributed by atoms with E-state index in [1.165, 1.54) is 0 Å². The van der Waals surface area contributed by atoms with Crippen molar-refractivity contribution < 1.29 is 0 Å². The van der Waals surface area contributed by atoms with Crippen LogP contribution in [0.15, 0.2) is 29.4 Å². The highest BCUT2D eigenvalue weighted by Crippen LogP contribution is 2.14. The largest absolute Gasteiger partial charge is 0.280 e. The summed E-state index contributed by atoms with van der Waals surface area (Å²) in [6.07, 6.45) is 0. The molecule has 0 aliphatic carbocycles. The molecule has 1 aliphatic rings. The first kappa shape index (κ1) is 9.23. The predicted molar refractivity (Wildman–Crippen MR) is 60.0 cm³/mol. The lowest BCUT2D eigenvalue weighted by molar-refractivity contribution is 0.776. The highest BCUT2D eigenvalue weighted by molar-refractivity contribution is 7.80. The van der Waals surface area contributed by atoms with E-state index in [2.05, 4.69) is 21.4 Å². The van der Waals surface area contributed by atoms with Crippen molar-refractivity contribution in [3.63, 3.8) is 0 Å². The molecule has 6 heteroatoms. The molecule has 0 fully saturated rings. The van der Waals surface area contributed by atoms with Crippen molar-refractivity contribution in [3.05, 3.63) is 34.9 Å². The molecule has 0 bridgehead atoms. The summed E-state index contributed by atoms with van der Waals surface area (Å²) >= 11 is 10.8. The topological polar surface area (TPSA) is 48.5 Å². The molecule has 0 saturated heterocycles. The maximum absolute atomic E-state index is 5.98. The Morgan fingerprint density at radius 3 is 2.64 bits per heavy atom. The first-order chi connectivity index (χ1) is 6.77. The Bertz CT molecular complexity index is 404. The van der Waals surface area contributed by atoms with E-state index in [1.807, 2.05) is 18.2 Å². The highest BCUT2D eigenvalue weighted by atomic mass is 35.5. The number of nitrogens with zero attached hydrogens (tertiary/aromatic N) is 1. The fourth-order valence-electron chi connectivity index (χ4n) is 1.06. The molecule has 1 aromatic carbocycles. The number of rotatable bonds is 1. The van der Waals surface area contributed by atoms with Gasteiger partial charge in [-0.25, -0.2) is 0 Å². The smallest absolute Gasteiger partial charge is 0.205 e. The number of thiocarbonyl (C=S) groups is 1. The van der Waals surface area contributed by atoms with Crippen molar-refractivity contribution in [3.8, 4) is 0 Å². The second-order valence-electron chi connectivity index (χ2n) is 2.63. The lowest BCUT2D eigenvalue weighted by Gasteiger charge is -2.18. The Labute approximate surface area is 91.3 Å². The summed E-state index contributed by atoms with van der Waals surface area (Å²) in [6, 6.07) is 7.42. The minimum absolute atomic E-state index is 0.431. The molecule has 1 aliphatic heterocycles. The van der Waals surface area contributed by atoms with Crippen LogP contribution in [0.5, 0.6) is 0 Å². The van der Waals surface area contributed by atoms with Gasteiger partial charge in [0.05, 0.1) is 5.02 Å². The zero-order valence-electron chi connectivity index (χ0n) is 7.04. The first-order valence-electron chi connectivity index (χ1n) is 3.92. The van der Waals surface area contributed by atoms with Crippen LogP contribution in [-0.4, -0.2) is 10.9 Å². The second-order valence-corrected chi connectivity index (χ2v) is 3.45. The molecule has 14 heavy (non-hydrogen) atoms. The van der Waals surface area contributed by atoms with E-state index in [9.17, 15) is 0 Å². The van der Waals surface area contributed by atoms with Gasteiger partial charge in [0.1, 0.15) is 0 Å². The van der Waals surface area contributed by atoms with Gasteiger partial charge in [0, 0.05) is 5.56 Å². The van der Waals surface area contributed by atoms with Gasteiger partial charge >= 0.3 is 0 Å². The lowest BCUT2D eigenvalue weighted by Crippen LogP contribution is -2.51. The Kier molecular flexibility index (Phi) is 2.51. The number of hydrogen-bond acceptors (Lipinski definition) is 3. The number of nitrogens with one attached hydrogen (secondary N) is 3. The fourth-order valence-corrected chi connectivity index (χ4v) is 1.38. The maximum atomic E-state index is 5.98. The van der Waals surface area contributed by atoms with Crippen LogP contribution in [-0.2, 0) is 0 Å². The number of hydrazone groups is 1. The number of benzene rings is 1. The molecule has 0 saturated carbocycles. The van der Waals surface area contributed by atoms with Crippen molar-refractivity contribution in [1.82, 2.24) is 16.3 Å². The van der Waals surface area contributed by atoms with Gasteiger partial charge in [-0.05, 0) is 24.4 Å². The van der Waals surface area contributed by atoms with Gasteiger partial charge in [-0.15, -0.1) is 0 Å². The summed E-state index contributed by atoms with van der Waals surface area (Å²) in [5.74, 6) is 0.615. The number of hydrogen-bond donors (Lipinski definition) is 3. The van der Waals surface area contributed by atoms with E-state index in [0.717, 1.165) is 5.56 Å². The minimum Gasteiger partial charge on any atom is -0.280 e. The average Bonchev–Trinajstić information content (AvgIpc) is 2.20. The number of amidine groups is 1. The lowest BCUT2D eigenvalue weighted by atomic mass is 10.2. The molecule has 1 aromatic rings. The molecule has 0 atom stereocenters. The van der Waals surface area contributed by atoms with Gasteiger partial charge in [0.2, 0.25) is 5.11 Å². The third-order valence-electron chi connectivity index (χ3n) is 1.69. The molecule has 0 amide bonds. The third-order valence-corrected chi connectivity index (χ3v) is 2.22. The van der Waals surface area contributed by atoms with Crippen molar-refractivity contribution in [2.45, 2.75) is 0 Å². The zero-order chi connectivity index (χ0) is 9.97. The SMILES string of the molecule is S=C1NN=C(c2ccccc2Cl)NN1. The van der Waals surface area contributed by atoms with E-state index >= 15 is 0 Å². The fraction of sp³-hybridized carbons (Fsp3) is 0. The molecular formula is C8H7ClN4S. The third kappa shape index (κ3) is 1.78. The zero-order valence-corrected chi connectivity index (χ0v) is 8.62. The standard InChI is InChI=1S/C8H7ClN4S/c9-6-4-2-1-3-5(6)7-10-12-8(14)13-11-7/h1-4H,(H,10,11)(H2,12,13,14). The van der Waals surface area contributed by atoms with Crippen LogP contribution in [0, 0.1) is 0 Å². The van der Waals surface area contributed by atoms with Crippen molar-refractivity contribution >= 4 is 34.8 Å². The summed E-state index contributed by atoms with van der Waals surface area (Å²) in [6.45, 7) is 0. The quantitative estimate of drug-likeness (QED) is 0.625. The van der Waals surface area contributed by atoms with E-state index in [1.54, 1.807) is 6.07 Å². The van der Waals surface area contributed by atoms with Crippen LogP contribution in [0.3, 0.4) is 0 Å². The molecule has 2 rings (SSSR count). The Morgan fingerprint density at radius 1 is 1.21 bits per heavy atom. The Hall–Kier alpha value is -1.33. The molecule has 4 nitrogen and oxygen atoms in total. The van der Waals surface area contributed by atoms with Gasteiger partial charge in [-0.3, -0.25) is 16.3 Å². The Morgan fingerprint density at radius 2 is 2.00 bits per heavy atom. The van der Waals surface area contributed by atoms with Gasteiger partial charge in [-0.1, -0.05) is 23.7 Å². The normalized spacial score (nSPS) is 14.9. The van der Waals surface area contributed by atoms with Crippen molar-refractivity contribution in [2.24, 2.45) is 5.10 Å². The molecule has 0 spiro atoms. The van der Waals surface area contributed by atoms with Gasteiger partial charge in [-0.2, -0.15) is 5.10 Å². The van der Waals surface area contributed by atoms with E-state index in [0.29, 0.717) is 16.0 Å².